The maximum absolute atomic E-state index is 12.7. The summed E-state index contributed by atoms with van der Waals surface area (Å²) in [4.78, 5) is 25.3. The predicted molar refractivity (Wildman–Crippen MR) is 138 cm³/mol. The second-order valence-electron chi connectivity index (χ2n) is 9.27. The van der Waals surface area contributed by atoms with Gasteiger partial charge in [-0.05, 0) is 0 Å². The highest BCUT2D eigenvalue weighted by atomic mass is 32.1. The topological polar surface area (TPSA) is 242 Å². The fraction of sp³-hybridized carbons (Fsp3) is 0.905. The lowest BCUT2D eigenvalue weighted by Crippen LogP contribution is -2.65. The maximum Gasteiger partial charge on any atom is 0.238 e. The van der Waals surface area contributed by atoms with Crippen molar-refractivity contribution in [1.29, 1.82) is 0 Å². The van der Waals surface area contributed by atoms with Crippen LogP contribution in [0.4, 0.5) is 0 Å². The van der Waals surface area contributed by atoms with Gasteiger partial charge >= 0.3 is 0 Å². The van der Waals surface area contributed by atoms with E-state index in [1.807, 2.05) is 0 Å². The van der Waals surface area contributed by atoms with Crippen LogP contribution in [0.1, 0.15) is 6.92 Å². The number of aliphatic hydroxyl groups is 7. The Bertz CT molecular complexity index is 700. The van der Waals surface area contributed by atoms with Crippen LogP contribution < -0.4 is 21.3 Å². The average Bonchev–Trinajstić information content (AvgIpc) is 2.90. The summed E-state index contributed by atoms with van der Waals surface area (Å²) in [6.45, 7) is 0.983. The summed E-state index contributed by atoms with van der Waals surface area (Å²) >= 11 is 8.30. The summed E-state index contributed by atoms with van der Waals surface area (Å²) in [6, 6.07) is -4.15. The van der Waals surface area contributed by atoms with Crippen LogP contribution in [0, 0.1) is 5.92 Å². The molecule has 2 aliphatic heterocycles. The Hall–Kier alpha value is -0.800. The van der Waals surface area contributed by atoms with Gasteiger partial charge < -0.3 is 66.5 Å². The zero-order valence-electron chi connectivity index (χ0n) is 20.8. The molecule has 0 saturated carbocycles. The molecule has 2 fully saturated rings. The molecule has 0 aromatic rings. The maximum atomic E-state index is 12.7. The van der Waals surface area contributed by atoms with Crippen molar-refractivity contribution in [2.75, 3.05) is 37.8 Å². The lowest BCUT2D eigenvalue weighted by Gasteiger charge is -2.41. The summed E-state index contributed by atoms with van der Waals surface area (Å²) < 4.78 is 10.3. The number of hydrogen-bond donors (Lipinski definition) is 13. The molecule has 2 amide bonds. The Morgan fingerprint density at radius 2 is 1.16 bits per heavy atom. The van der Waals surface area contributed by atoms with Gasteiger partial charge in [-0.3, -0.25) is 9.59 Å². The van der Waals surface area contributed by atoms with Crippen molar-refractivity contribution in [3.8, 4) is 0 Å². The minimum atomic E-state index is -1.66. The predicted octanol–water partition coefficient (Wildman–Crippen LogP) is -6.13. The Kier molecular flexibility index (Phi) is 13.9. The summed E-state index contributed by atoms with van der Waals surface area (Å²) in [5.41, 5.74) is 0. The van der Waals surface area contributed by atoms with Gasteiger partial charge in [0, 0.05) is 30.5 Å². The van der Waals surface area contributed by atoms with Crippen molar-refractivity contribution in [2.45, 2.75) is 74.2 Å². The molecule has 0 radical (unpaired) electrons. The number of rotatable bonds is 13. The Balaban J connectivity index is 1.82. The molecular formula is C21H40N4O11S2. The lowest BCUT2D eigenvalue weighted by molar-refractivity contribution is -0.253. The first-order valence-corrected chi connectivity index (χ1v) is 13.5. The first kappa shape index (κ1) is 33.4. The second kappa shape index (κ2) is 15.8. The van der Waals surface area contributed by atoms with Crippen molar-refractivity contribution in [3.05, 3.63) is 0 Å². The smallest absolute Gasteiger partial charge is 0.238 e. The summed E-state index contributed by atoms with van der Waals surface area (Å²) in [5, 5.41) is 80.0. The fourth-order valence-electron chi connectivity index (χ4n) is 4.23. The highest BCUT2D eigenvalue weighted by Gasteiger charge is 2.45. The second-order valence-corrected chi connectivity index (χ2v) is 10.0. The van der Waals surface area contributed by atoms with E-state index in [2.05, 4.69) is 46.5 Å². The van der Waals surface area contributed by atoms with Gasteiger partial charge in [-0.15, -0.1) is 0 Å². The van der Waals surface area contributed by atoms with E-state index in [4.69, 9.17) is 14.6 Å². The fourth-order valence-corrected chi connectivity index (χ4v) is 4.81. The number of aliphatic hydroxyl groups excluding tert-OH is 7. The van der Waals surface area contributed by atoms with E-state index in [0.29, 0.717) is 0 Å². The molecule has 2 rings (SSSR count). The third-order valence-electron chi connectivity index (χ3n) is 6.72. The van der Waals surface area contributed by atoms with Crippen LogP contribution in [-0.2, 0) is 19.1 Å². The zero-order chi connectivity index (χ0) is 28.6. The van der Waals surface area contributed by atoms with Gasteiger partial charge in [0.15, 0.2) is 12.6 Å². The van der Waals surface area contributed by atoms with Gasteiger partial charge in [0.1, 0.15) is 30.4 Å². The minimum absolute atomic E-state index is 0.0361. The third kappa shape index (κ3) is 8.35. The Morgan fingerprint density at radius 3 is 1.58 bits per heavy atom. The number of nitrogens with one attached hydrogen (secondary N) is 4. The normalized spacial score (nSPS) is 37.3. The van der Waals surface area contributed by atoms with Crippen LogP contribution in [0.3, 0.4) is 0 Å². The molecule has 38 heavy (non-hydrogen) atoms. The van der Waals surface area contributed by atoms with Crippen LogP contribution in [0.25, 0.3) is 0 Å². The number of carbonyl (C=O) groups excluding carboxylic acids is 2. The van der Waals surface area contributed by atoms with E-state index >= 15 is 0 Å². The monoisotopic (exact) mass is 588 g/mol. The van der Waals surface area contributed by atoms with E-state index in [-0.39, 0.29) is 24.6 Å². The SMILES string of the molecule is CC1C(CO)OC(O)C(NC(=O)C(CS)NCCNC(CS)C(=O)NC2C(O)OC(CO)C(O)C2O)C1O. The Labute approximate surface area is 231 Å². The molecule has 0 aromatic heterocycles. The minimum Gasteiger partial charge on any atom is -0.394 e. The summed E-state index contributed by atoms with van der Waals surface area (Å²) in [5.74, 6) is -1.61. The van der Waals surface area contributed by atoms with Gasteiger partial charge in [0.05, 0.1) is 37.5 Å². The van der Waals surface area contributed by atoms with Crippen LogP contribution >= 0.6 is 25.3 Å². The van der Waals surface area contributed by atoms with Crippen molar-refractivity contribution in [3.63, 3.8) is 0 Å². The molecular weight excluding hydrogens is 548 g/mol. The van der Waals surface area contributed by atoms with Gasteiger partial charge in [-0.25, -0.2) is 0 Å². The van der Waals surface area contributed by atoms with Crippen LogP contribution in [0.15, 0.2) is 0 Å². The van der Waals surface area contributed by atoms with E-state index in [1.165, 1.54) is 0 Å². The molecule has 0 bridgehead atoms. The van der Waals surface area contributed by atoms with Crippen molar-refractivity contribution >= 4 is 37.1 Å². The van der Waals surface area contributed by atoms with Gasteiger partial charge in [0.25, 0.3) is 0 Å². The molecule has 0 aromatic carbocycles. The Morgan fingerprint density at radius 1 is 0.737 bits per heavy atom. The largest absolute Gasteiger partial charge is 0.394 e. The van der Waals surface area contributed by atoms with E-state index in [9.17, 15) is 40.2 Å². The molecule has 2 heterocycles. The average molecular weight is 589 g/mol. The molecule has 2 saturated heterocycles. The molecule has 0 spiro atoms. The summed E-state index contributed by atoms with van der Waals surface area (Å²) in [7, 11) is 0. The molecule has 17 heteroatoms. The molecule has 222 valence electrons. The molecule has 12 atom stereocenters. The summed E-state index contributed by atoms with van der Waals surface area (Å²) in [6.07, 6.45) is -9.40. The van der Waals surface area contributed by atoms with Gasteiger partial charge in [0.2, 0.25) is 11.8 Å². The number of carbonyl (C=O) groups is 2. The third-order valence-corrected chi connectivity index (χ3v) is 7.45. The highest BCUT2D eigenvalue weighted by molar-refractivity contribution is 7.80. The van der Waals surface area contributed by atoms with E-state index in [1.54, 1.807) is 6.92 Å². The van der Waals surface area contributed by atoms with E-state index < -0.39 is 98.2 Å². The molecule has 2 aliphatic rings. The standard InChI is InChI=1S/C21H40N4O11S2/c1-8-11(4-26)35-20(33)13(15(8)28)24-18(31)9(6-37)22-2-3-23-10(7-38)19(32)25-14-17(30)16(29)12(5-27)36-21(14)34/h8-17,20-23,26-30,33-34,37-38H,2-7H2,1H3,(H,24,31)(H,25,32). The first-order valence-electron chi connectivity index (χ1n) is 12.2. The molecule has 0 aliphatic carbocycles. The van der Waals surface area contributed by atoms with Crippen LogP contribution in [-0.4, -0.2) is 153 Å². The molecule has 11 N–H and O–H groups in total. The van der Waals surface area contributed by atoms with Crippen molar-refractivity contribution in [2.24, 2.45) is 5.92 Å². The number of amides is 2. The lowest BCUT2D eigenvalue weighted by atomic mass is 9.89. The number of ether oxygens (including phenoxy) is 2. The van der Waals surface area contributed by atoms with Gasteiger partial charge in [-0.2, -0.15) is 25.3 Å². The highest BCUT2D eigenvalue weighted by Crippen LogP contribution is 2.25. The zero-order valence-corrected chi connectivity index (χ0v) is 22.6. The quantitative estimate of drug-likeness (QED) is 0.0709. The van der Waals surface area contributed by atoms with Crippen molar-refractivity contribution < 1.29 is 54.8 Å². The number of hydrogen-bond acceptors (Lipinski definition) is 15. The first-order chi connectivity index (χ1) is 18.0. The van der Waals surface area contributed by atoms with Gasteiger partial charge in [-0.1, -0.05) is 6.92 Å². The van der Waals surface area contributed by atoms with Crippen molar-refractivity contribution in [1.82, 2.24) is 21.3 Å². The van der Waals surface area contributed by atoms with Crippen LogP contribution in [0.2, 0.25) is 0 Å². The molecule has 15 nitrogen and oxygen atoms in total. The molecule has 12 unspecified atom stereocenters. The number of thiol groups is 2. The van der Waals surface area contributed by atoms with Crippen LogP contribution in [0.5, 0.6) is 0 Å². The van der Waals surface area contributed by atoms with E-state index in [0.717, 1.165) is 0 Å².